The quantitative estimate of drug-likeness (QED) is 0.939. The van der Waals surface area contributed by atoms with Crippen molar-refractivity contribution in [3.8, 4) is 16.3 Å². The number of hydrogen-bond donors (Lipinski definition) is 1. The average Bonchev–Trinajstić information content (AvgIpc) is 2.94. The summed E-state index contributed by atoms with van der Waals surface area (Å²) >= 11 is 5.13. The molecule has 1 fully saturated rings. The highest BCUT2D eigenvalue weighted by Gasteiger charge is 2.42. The first-order chi connectivity index (χ1) is 8.62. The van der Waals surface area contributed by atoms with Gasteiger partial charge >= 0.3 is 0 Å². The highest BCUT2D eigenvalue weighted by Crippen LogP contribution is 2.44. The summed E-state index contributed by atoms with van der Waals surface area (Å²) in [5.41, 5.74) is 8.10. The van der Waals surface area contributed by atoms with Crippen molar-refractivity contribution in [1.29, 1.82) is 0 Å². The highest BCUT2D eigenvalue weighted by atomic mass is 79.9. The van der Waals surface area contributed by atoms with Crippen LogP contribution < -0.4 is 10.5 Å². The molecule has 1 aliphatic carbocycles. The number of halogens is 1. The van der Waals surface area contributed by atoms with Gasteiger partial charge in [-0.25, -0.2) is 4.98 Å². The lowest BCUT2D eigenvalue weighted by atomic mass is 10.2. The Hall–Kier alpha value is -0.910. The van der Waals surface area contributed by atoms with Crippen LogP contribution in [0.4, 0.5) is 0 Å². The molecule has 94 valence electrons. The van der Waals surface area contributed by atoms with E-state index in [2.05, 4.69) is 26.3 Å². The Morgan fingerprint density at radius 2 is 2.22 bits per heavy atom. The van der Waals surface area contributed by atoms with Gasteiger partial charge < -0.3 is 10.5 Å². The second-order valence-electron chi connectivity index (χ2n) is 4.54. The van der Waals surface area contributed by atoms with Crippen LogP contribution in [0.1, 0.15) is 18.5 Å². The third-order valence-corrected chi connectivity index (χ3v) is 4.71. The second kappa shape index (κ2) is 4.33. The van der Waals surface area contributed by atoms with Crippen molar-refractivity contribution < 1.29 is 4.74 Å². The van der Waals surface area contributed by atoms with Crippen LogP contribution in [0.5, 0.6) is 5.75 Å². The molecule has 1 aromatic carbocycles. The van der Waals surface area contributed by atoms with Crippen molar-refractivity contribution >= 4 is 27.3 Å². The van der Waals surface area contributed by atoms with E-state index in [1.807, 2.05) is 18.2 Å². The molecular weight excluding hydrogens is 312 g/mol. The van der Waals surface area contributed by atoms with Crippen molar-refractivity contribution in [1.82, 2.24) is 4.98 Å². The van der Waals surface area contributed by atoms with E-state index in [0.29, 0.717) is 0 Å². The third kappa shape index (κ3) is 2.06. The predicted octanol–water partition coefficient (Wildman–Crippen LogP) is 3.53. The summed E-state index contributed by atoms with van der Waals surface area (Å²) < 4.78 is 6.16. The smallest absolute Gasteiger partial charge is 0.133 e. The molecule has 18 heavy (non-hydrogen) atoms. The van der Waals surface area contributed by atoms with Crippen LogP contribution in [0, 0.1) is 0 Å². The van der Waals surface area contributed by atoms with Crippen molar-refractivity contribution in [2.24, 2.45) is 5.73 Å². The maximum Gasteiger partial charge on any atom is 0.133 e. The molecule has 1 aromatic heterocycles. The molecule has 0 bridgehead atoms. The summed E-state index contributed by atoms with van der Waals surface area (Å²) in [6.07, 6.45) is 2.09. The minimum Gasteiger partial charge on any atom is -0.496 e. The Labute approximate surface area is 118 Å². The van der Waals surface area contributed by atoms with Crippen molar-refractivity contribution in [2.75, 3.05) is 7.11 Å². The first kappa shape index (κ1) is 12.1. The normalized spacial score (nSPS) is 16.6. The Morgan fingerprint density at radius 3 is 2.83 bits per heavy atom. The summed E-state index contributed by atoms with van der Waals surface area (Å²) in [6, 6.07) is 5.98. The van der Waals surface area contributed by atoms with Gasteiger partial charge in [-0.1, -0.05) is 0 Å². The zero-order chi connectivity index (χ0) is 12.8. The summed E-state index contributed by atoms with van der Waals surface area (Å²) in [4.78, 5) is 4.64. The van der Waals surface area contributed by atoms with E-state index < -0.39 is 0 Å². The van der Waals surface area contributed by atoms with Gasteiger partial charge in [-0.05, 0) is 47.0 Å². The molecule has 1 heterocycles. The van der Waals surface area contributed by atoms with Crippen LogP contribution >= 0.6 is 27.3 Å². The summed E-state index contributed by atoms with van der Waals surface area (Å²) in [6.45, 7) is 0. The van der Waals surface area contributed by atoms with E-state index in [1.165, 1.54) is 0 Å². The van der Waals surface area contributed by atoms with E-state index in [9.17, 15) is 0 Å². The Morgan fingerprint density at radius 1 is 1.44 bits per heavy atom. The van der Waals surface area contributed by atoms with Gasteiger partial charge in [-0.15, -0.1) is 11.3 Å². The average molecular weight is 325 g/mol. The van der Waals surface area contributed by atoms with Gasteiger partial charge in [-0.3, -0.25) is 0 Å². The molecule has 3 nitrogen and oxygen atoms in total. The number of methoxy groups -OCH3 is 1. The number of nitrogens with two attached hydrogens (primary N) is 1. The number of nitrogens with zero attached hydrogens (tertiary/aromatic N) is 1. The van der Waals surface area contributed by atoms with Gasteiger partial charge in [0.05, 0.1) is 22.8 Å². The standard InChI is InChI=1S/C13H13BrN2OS/c1-17-10-3-2-8(6-9(10)14)12-16-11(7-18-12)13(15)4-5-13/h2-3,6-7H,4-5,15H2,1H3. The zero-order valence-corrected chi connectivity index (χ0v) is 12.3. The number of rotatable bonds is 3. The van der Waals surface area contributed by atoms with E-state index in [4.69, 9.17) is 10.5 Å². The first-order valence-electron chi connectivity index (χ1n) is 5.71. The lowest BCUT2D eigenvalue weighted by Crippen LogP contribution is -2.18. The van der Waals surface area contributed by atoms with Crippen molar-refractivity contribution in [3.63, 3.8) is 0 Å². The molecule has 0 aliphatic heterocycles. The Kier molecular flexibility index (Phi) is 2.92. The fourth-order valence-corrected chi connectivity index (χ4v) is 3.29. The molecule has 0 radical (unpaired) electrons. The molecule has 2 N–H and O–H groups in total. The minimum absolute atomic E-state index is 0.154. The topological polar surface area (TPSA) is 48.1 Å². The van der Waals surface area contributed by atoms with Crippen LogP contribution in [0.2, 0.25) is 0 Å². The molecular formula is C13H13BrN2OS. The summed E-state index contributed by atoms with van der Waals surface area (Å²) in [5.74, 6) is 0.827. The molecule has 3 rings (SSSR count). The van der Waals surface area contributed by atoms with Gasteiger partial charge in [0.2, 0.25) is 0 Å². The number of aromatic nitrogens is 1. The minimum atomic E-state index is -0.154. The monoisotopic (exact) mass is 324 g/mol. The molecule has 0 atom stereocenters. The largest absolute Gasteiger partial charge is 0.496 e. The van der Waals surface area contributed by atoms with Crippen LogP contribution in [-0.2, 0) is 5.54 Å². The maximum absolute atomic E-state index is 6.15. The van der Waals surface area contributed by atoms with Crippen LogP contribution in [-0.4, -0.2) is 12.1 Å². The number of thiazole rings is 1. The molecule has 1 saturated carbocycles. The molecule has 5 heteroatoms. The Bertz CT molecular complexity index is 592. The van der Waals surface area contributed by atoms with Gasteiger partial charge in [-0.2, -0.15) is 0 Å². The molecule has 2 aromatic rings. The SMILES string of the molecule is COc1ccc(-c2nc(C3(N)CC3)cs2)cc1Br. The molecule has 0 saturated heterocycles. The van der Waals surface area contributed by atoms with Crippen LogP contribution in [0.25, 0.3) is 10.6 Å². The molecule has 1 aliphatic rings. The maximum atomic E-state index is 6.15. The first-order valence-corrected chi connectivity index (χ1v) is 7.38. The number of ether oxygens (including phenoxy) is 1. The number of hydrogen-bond acceptors (Lipinski definition) is 4. The lowest BCUT2D eigenvalue weighted by molar-refractivity contribution is 0.412. The fourth-order valence-electron chi connectivity index (χ4n) is 1.83. The van der Waals surface area contributed by atoms with Crippen LogP contribution in [0.15, 0.2) is 28.1 Å². The van der Waals surface area contributed by atoms with E-state index in [0.717, 1.165) is 39.3 Å². The van der Waals surface area contributed by atoms with Gasteiger partial charge in [0.1, 0.15) is 10.8 Å². The third-order valence-electron chi connectivity index (χ3n) is 3.20. The van der Waals surface area contributed by atoms with E-state index >= 15 is 0 Å². The Balaban J connectivity index is 1.95. The summed E-state index contributed by atoms with van der Waals surface area (Å²) in [7, 11) is 1.66. The summed E-state index contributed by atoms with van der Waals surface area (Å²) in [5, 5.41) is 3.07. The van der Waals surface area contributed by atoms with Gasteiger partial charge in [0, 0.05) is 10.9 Å². The zero-order valence-electron chi connectivity index (χ0n) is 9.94. The number of benzene rings is 1. The fraction of sp³-hybridized carbons (Fsp3) is 0.308. The molecule has 0 amide bonds. The highest BCUT2D eigenvalue weighted by molar-refractivity contribution is 9.10. The second-order valence-corrected chi connectivity index (χ2v) is 6.26. The molecule has 0 spiro atoms. The van der Waals surface area contributed by atoms with Crippen LogP contribution in [0.3, 0.4) is 0 Å². The van der Waals surface area contributed by atoms with E-state index in [1.54, 1.807) is 18.4 Å². The van der Waals surface area contributed by atoms with Crippen molar-refractivity contribution in [3.05, 3.63) is 33.7 Å². The van der Waals surface area contributed by atoms with Gasteiger partial charge in [0.15, 0.2) is 0 Å². The van der Waals surface area contributed by atoms with Gasteiger partial charge in [0.25, 0.3) is 0 Å². The lowest BCUT2D eigenvalue weighted by Gasteiger charge is -2.05. The van der Waals surface area contributed by atoms with E-state index in [-0.39, 0.29) is 5.54 Å². The molecule has 0 unspecified atom stereocenters. The predicted molar refractivity (Wildman–Crippen MR) is 76.9 cm³/mol. The van der Waals surface area contributed by atoms with Crippen molar-refractivity contribution in [2.45, 2.75) is 18.4 Å².